The minimum Gasteiger partial charge on any atom is -0.496 e. The molecule has 1 atom stereocenters. The van der Waals surface area contributed by atoms with E-state index in [0.717, 1.165) is 23.3 Å². The molecule has 1 aromatic carbocycles. The van der Waals surface area contributed by atoms with Crippen molar-refractivity contribution in [1.29, 1.82) is 0 Å². The Morgan fingerprint density at radius 1 is 1.36 bits per heavy atom. The second-order valence-corrected chi connectivity index (χ2v) is 8.62. The molecule has 1 fully saturated rings. The van der Waals surface area contributed by atoms with Crippen molar-refractivity contribution in [2.75, 3.05) is 26.5 Å². The van der Waals surface area contributed by atoms with Crippen molar-refractivity contribution >= 4 is 15.9 Å². The van der Waals surface area contributed by atoms with Crippen molar-refractivity contribution in [3.63, 3.8) is 0 Å². The van der Waals surface area contributed by atoms with Gasteiger partial charge in [-0.2, -0.15) is 0 Å². The van der Waals surface area contributed by atoms with Gasteiger partial charge in [0.1, 0.15) is 5.75 Å². The Hall–Kier alpha value is -1.60. The minimum atomic E-state index is -3.17. The van der Waals surface area contributed by atoms with Gasteiger partial charge in [0.05, 0.1) is 19.4 Å². The van der Waals surface area contributed by atoms with Gasteiger partial charge < -0.3 is 10.1 Å². The van der Waals surface area contributed by atoms with Crippen LogP contribution in [0.3, 0.4) is 0 Å². The molecule has 140 valence electrons. The van der Waals surface area contributed by atoms with Crippen molar-refractivity contribution in [1.82, 2.24) is 9.62 Å². The maximum atomic E-state index is 12.6. The van der Waals surface area contributed by atoms with E-state index in [2.05, 4.69) is 5.32 Å². The summed E-state index contributed by atoms with van der Waals surface area (Å²) in [7, 11) is -1.52. The van der Waals surface area contributed by atoms with E-state index < -0.39 is 10.0 Å². The van der Waals surface area contributed by atoms with E-state index in [9.17, 15) is 13.2 Å². The number of sulfonamides is 1. The smallest absolute Gasteiger partial charge is 0.223 e. The average Bonchev–Trinajstić information content (AvgIpc) is 2.58. The topological polar surface area (TPSA) is 75.7 Å². The van der Waals surface area contributed by atoms with Crippen LogP contribution >= 0.6 is 0 Å². The lowest BCUT2D eigenvalue weighted by molar-refractivity contribution is -0.126. The van der Waals surface area contributed by atoms with Crippen molar-refractivity contribution in [3.8, 4) is 5.75 Å². The van der Waals surface area contributed by atoms with E-state index in [0.29, 0.717) is 25.9 Å². The van der Waals surface area contributed by atoms with Crippen molar-refractivity contribution < 1.29 is 17.9 Å². The van der Waals surface area contributed by atoms with E-state index in [4.69, 9.17) is 4.74 Å². The highest BCUT2D eigenvalue weighted by Gasteiger charge is 2.29. The number of amides is 1. The van der Waals surface area contributed by atoms with Crippen LogP contribution in [-0.4, -0.2) is 45.1 Å². The Morgan fingerprint density at radius 2 is 2.00 bits per heavy atom. The van der Waals surface area contributed by atoms with Gasteiger partial charge in [0.15, 0.2) is 0 Å². The molecule has 1 aromatic rings. The van der Waals surface area contributed by atoms with Crippen LogP contribution in [0.25, 0.3) is 0 Å². The molecule has 0 radical (unpaired) electrons. The maximum Gasteiger partial charge on any atom is 0.223 e. The second kappa shape index (κ2) is 8.19. The summed E-state index contributed by atoms with van der Waals surface area (Å²) in [5, 5.41) is 3.12. The summed E-state index contributed by atoms with van der Waals surface area (Å²) in [6.45, 7) is 4.85. The molecule has 7 heteroatoms. The minimum absolute atomic E-state index is 0.00784. The molecular formula is C18H28N2O4S. The number of ether oxygens (including phenoxy) is 1. The Bertz CT molecular complexity index is 710. The number of hydrogen-bond acceptors (Lipinski definition) is 4. The largest absolute Gasteiger partial charge is 0.496 e. The molecule has 0 aromatic heterocycles. The second-order valence-electron chi connectivity index (χ2n) is 6.63. The van der Waals surface area contributed by atoms with Gasteiger partial charge in [-0.25, -0.2) is 12.7 Å². The predicted octanol–water partition coefficient (Wildman–Crippen LogP) is 2.24. The van der Waals surface area contributed by atoms with E-state index >= 15 is 0 Å². The highest BCUT2D eigenvalue weighted by molar-refractivity contribution is 7.88. The molecule has 1 heterocycles. The molecule has 0 spiro atoms. The zero-order valence-corrected chi connectivity index (χ0v) is 16.2. The number of carbonyl (C=O) groups excluding carboxylic acids is 1. The van der Waals surface area contributed by atoms with Crippen LogP contribution in [0.5, 0.6) is 5.75 Å². The average molecular weight is 368 g/mol. The molecule has 1 saturated heterocycles. The first kappa shape index (κ1) is 19.7. The van der Waals surface area contributed by atoms with Crippen LogP contribution in [-0.2, 0) is 14.8 Å². The van der Waals surface area contributed by atoms with Crippen molar-refractivity contribution in [3.05, 3.63) is 29.3 Å². The van der Waals surface area contributed by atoms with Crippen LogP contribution < -0.4 is 10.1 Å². The van der Waals surface area contributed by atoms with Gasteiger partial charge in [-0.05, 0) is 43.4 Å². The van der Waals surface area contributed by atoms with Crippen molar-refractivity contribution in [2.24, 2.45) is 5.92 Å². The lowest BCUT2D eigenvalue weighted by atomic mass is 9.95. The van der Waals surface area contributed by atoms with E-state index in [1.165, 1.54) is 10.6 Å². The quantitative estimate of drug-likeness (QED) is 0.835. The lowest BCUT2D eigenvalue weighted by Crippen LogP contribution is -2.43. The molecule has 6 nitrogen and oxygen atoms in total. The number of benzene rings is 1. The summed E-state index contributed by atoms with van der Waals surface area (Å²) in [4.78, 5) is 12.6. The summed E-state index contributed by atoms with van der Waals surface area (Å²) in [5.41, 5.74) is 2.09. The summed E-state index contributed by atoms with van der Waals surface area (Å²) in [6, 6.07) is 5.89. The van der Waals surface area contributed by atoms with Crippen LogP contribution in [0, 0.1) is 12.8 Å². The zero-order chi connectivity index (χ0) is 18.6. The summed E-state index contributed by atoms with van der Waals surface area (Å²) in [5.74, 6) is 0.706. The summed E-state index contributed by atoms with van der Waals surface area (Å²) < 4.78 is 29.9. The highest BCUT2D eigenvalue weighted by Crippen LogP contribution is 2.26. The molecule has 2 rings (SSSR count). The molecule has 0 saturated carbocycles. The third kappa shape index (κ3) is 4.95. The molecule has 0 aliphatic carbocycles. The predicted molar refractivity (Wildman–Crippen MR) is 98.0 cm³/mol. The van der Waals surface area contributed by atoms with Gasteiger partial charge in [-0.15, -0.1) is 0 Å². The van der Waals surface area contributed by atoms with E-state index in [1.807, 2.05) is 32.0 Å². The molecular weight excluding hydrogens is 340 g/mol. The number of piperidine rings is 1. The molecule has 1 N–H and O–H groups in total. The Labute approximate surface area is 150 Å². The number of nitrogens with one attached hydrogen (secondary N) is 1. The van der Waals surface area contributed by atoms with Gasteiger partial charge in [0.2, 0.25) is 15.9 Å². The normalized spacial score (nSPS) is 17.9. The van der Waals surface area contributed by atoms with Crippen LogP contribution in [0.15, 0.2) is 18.2 Å². The number of methoxy groups -OCH3 is 1. The van der Waals surface area contributed by atoms with E-state index in [1.54, 1.807) is 7.11 Å². The maximum absolute atomic E-state index is 12.6. The fourth-order valence-electron chi connectivity index (χ4n) is 3.28. The lowest BCUT2D eigenvalue weighted by Gasteiger charge is -2.30. The SMILES string of the molecule is CC[C@H](NC(=O)C1CCN(S(C)(=O)=O)CC1)c1ccc(OC)c(C)c1. The number of aryl methyl sites for hydroxylation is 1. The Morgan fingerprint density at radius 3 is 2.48 bits per heavy atom. The van der Waals surface area contributed by atoms with Crippen LogP contribution in [0.4, 0.5) is 0 Å². The van der Waals surface area contributed by atoms with Crippen LogP contribution in [0.1, 0.15) is 43.4 Å². The zero-order valence-electron chi connectivity index (χ0n) is 15.4. The third-order valence-electron chi connectivity index (χ3n) is 4.84. The first-order chi connectivity index (χ1) is 11.8. The number of hydrogen-bond donors (Lipinski definition) is 1. The van der Waals surface area contributed by atoms with Gasteiger partial charge in [-0.3, -0.25) is 4.79 Å². The molecule has 0 unspecified atom stereocenters. The fourth-order valence-corrected chi connectivity index (χ4v) is 4.15. The standard InChI is InChI=1S/C18H28N2O4S/c1-5-16(15-6-7-17(24-3)13(2)12-15)19-18(21)14-8-10-20(11-9-14)25(4,22)23/h6-7,12,14,16H,5,8-11H2,1-4H3,(H,19,21)/t16-/m0/s1. The molecule has 1 aliphatic rings. The van der Waals surface area contributed by atoms with Gasteiger partial charge in [0.25, 0.3) is 0 Å². The molecule has 0 bridgehead atoms. The first-order valence-electron chi connectivity index (χ1n) is 8.66. The monoisotopic (exact) mass is 368 g/mol. The van der Waals surface area contributed by atoms with Gasteiger partial charge in [-0.1, -0.05) is 19.1 Å². The summed E-state index contributed by atoms with van der Waals surface area (Å²) >= 11 is 0. The number of nitrogens with zero attached hydrogens (tertiary/aromatic N) is 1. The molecule has 1 amide bonds. The molecule has 1 aliphatic heterocycles. The summed E-state index contributed by atoms with van der Waals surface area (Å²) in [6.07, 6.45) is 3.14. The first-order valence-corrected chi connectivity index (χ1v) is 10.5. The number of carbonyl (C=O) groups is 1. The Kier molecular flexibility index (Phi) is 6.46. The third-order valence-corrected chi connectivity index (χ3v) is 6.14. The van der Waals surface area contributed by atoms with E-state index in [-0.39, 0.29) is 17.9 Å². The highest BCUT2D eigenvalue weighted by atomic mass is 32.2. The fraction of sp³-hybridized carbons (Fsp3) is 0.611. The van der Waals surface area contributed by atoms with Crippen LogP contribution in [0.2, 0.25) is 0 Å². The van der Waals surface area contributed by atoms with Crippen molar-refractivity contribution in [2.45, 2.75) is 39.2 Å². The van der Waals surface area contributed by atoms with Gasteiger partial charge >= 0.3 is 0 Å². The Balaban J connectivity index is 2.00. The van der Waals surface area contributed by atoms with Gasteiger partial charge in [0, 0.05) is 19.0 Å². The molecule has 25 heavy (non-hydrogen) atoms. The number of rotatable bonds is 6.